The van der Waals surface area contributed by atoms with Crippen molar-refractivity contribution in [3.05, 3.63) is 12.8 Å². The molecule has 0 amide bonds. The van der Waals surface area contributed by atoms with Crippen molar-refractivity contribution < 1.29 is 32.7 Å². The molecule has 59 valence electrons. The van der Waals surface area contributed by atoms with Gasteiger partial charge in [0.1, 0.15) is 0 Å². The van der Waals surface area contributed by atoms with E-state index in [2.05, 4.69) is 24.8 Å². The van der Waals surface area contributed by atoms with Crippen LogP contribution in [-0.4, -0.2) is 25.0 Å². The van der Waals surface area contributed by atoms with Gasteiger partial charge in [0.2, 0.25) is 0 Å². The molecule has 0 atom stereocenters. The molecule has 0 aliphatic carbocycles. The van der Waals surface area contributed by atoms with Crippen LogP contribution in [0, 0.1) is 12.8 Å². The van der Waals surface area contributed by atoms with E-state index in [4.69, 9.17) is 0 Å². The van der Waals surface area contributed by atoms with Crippen molar-refractivity contribution in [1.82, 2.24) is 4.90 Å². The van der Waals surface area contributed by atoms with E-state index in [1.165, 1.54) is 6.42 Å². The maximum Gasteiger partial charge on any atom is 0 e. The zero-order valence-electron chi connectivity index (χ0n) is 7.30. The van der Waals surface area contributed by atoms with Gasteiger partial charge in [-0.3, -0.25) is 0 Å². The summed E-state index contributed by atoms with van der Waals surface area (Å²) in [5, 5.41) is 0. The van der Waals surface area contributed by atoms with Crippen LogP contribution in [0.15, 0.2) is 0 Å². The van der Waals surface area contributed by atoms with E-state index in [0.29, 0.717) is 0 Å². The molecule has 0 saturated carbocycles. The summed E-state index contributed by atoms with van der Waals surface area (Å²) in [5.41, 5.74) is 0. The molecule has 1 aliphatic rings. The zero-order valence-corrected chi connectivity index (χ0v) is 10.1. The van der Waals surface area contributed by atoms with Crippen molar-refractivity contribution in [2.45, 2.75) is 20.3 Å². The van der Waals surface area contributed by atoms with Crippen molar-refractivity contribution >= 4 is 0 Å². The van der Waals surface area contributed by atoms with Crippen LogP contribution in [0.4, 0.5) is 0 Å². The number of hydrogen-bond acceptors (Lipinski definition) is 1. The zero-order chi connectivity index (χ0) is 7.11. The first-order valence-corrected chi connectivity index (χ1v) is 3.71. The predicted octanol–water partition coefficient (Wildman–Crippen LogP) is 1.75. The molecular weight excluding hydrogens is 199 g/mol. The summed E-state index contributed by atoms with van der Waals surface area (Å²) in [4.78, 5) is 2.28. The van der Waals surface area contributed by atoms with Gasteiger partial charge in [-0.2, -0.15) is 0 Å². The first kappa shape index (κ1) is 13.6. The van der Waals surface area contributed by atoms with Gasteiger partial charge in [0.05, 0.1) is 0 Å². The van der Waals surface area contributed by atoms with Crippen molar-refractivity contribution in [3.8, 4) is 0 Å². The third-order valence-electron chi connectivity index (χ3n) is 1.21. The Morgan fingerprint density at radius 2 is 1.50 bits per heavy atom. The van der Waals surface area contributed by atoms with Gasteiger partial charge >= 0.3 is 0 Å². The molecule has 1 rings (SSSR count). The molecule has 1 saturated heterocycles. The maximum atomic E-state index is 2.28. The minimum atomic E-state index is 0. The van der Waals surface area contributed by atoms with E-state index in [1.54, 1.807) is 0 Å². The van der Waals surface area contributed by atoms with E-state index in [9.17, 15) is 0 Å². The van der Waals surface area contributed by atoms with Gasteiger partial charge < -0.3 is 24.2 Å². The van der Waals surface area contributed by atoms with Crippen molar-refractivity contribution in [2.24, 2.45) is 0 Å². The van der Waals surface area contributed by atoms with Crippen LogP contribution in [0.2, 0.25) is 0 Å². The van der Waals surface area contributed by atoms with Gasteiger partial charge in [-0.1, -0.05) is 13.8 Å². The Morgan fingerprint density at radius 3 is 1.70 bits per heavy atom. The standard InChI is InChI=1S/C6H11N.C2H6.Y/c1-7-5-3-2-4-6-7;1-2;/h3-4H,2,5-6H2,1H3;1-2H3;/q-2;;. The van der Waals surface area contributed by atoms with Crippen LogP contribution >= 0.6 is 0 Å². The van der Waals surface area contributed by atoms with E-state index < -0.39 is 0 Å². The number of hydrogen-bond donors (Lipinski definition) is 0. The van der Waals surface area contributed by atoms with Crippen LogP contribution in [-0.2, 0) is 32.7 Å². The van der Waals surface area contributed by atoms with Crippen molar-refractivity contribution in [3.63, 3.8) is 0 Å². The Hall–Kier alpha value is 1.06. The molecule has 10 heavy (non-hydrogen) atoms. The number of likely N-dealkylation sites (tertiary alicyclic amines) is 1. The molecule has 0 unspecified atom stereocenters. The van der Waals surface area contributed by atoms with Gasteiger partial charge in [0.15, 0.2) is 0 Å². The molecule has 1 aliphatic heterocycles. The second kappa shape index (κ2) is 10.1. The van der Waals surface area contributed by atoms with Gasteiger partial charge in [-0.15, -0.1) is 13.1 Å². The molecule has 1 radical (unpaired) electrons. The Labute approximate surface area is 90.4 Å². The Kier molecular flexibility index (Phi) is 13.7. The van der Waals surface area contributed by atoms with Crippen LogP contribution < -0.4 is 0 Å². The molecule has 0 N–H and O–H groups in total. The van der Waals surface area contributed by atoms with E-state index in [0.717, 1.165) is 13.1 Å². The predicted molar refractivity (Wildman–Crippen MR) is 42.1 cm³/mol. The summed E-state index contributed by atoms with van der Waals surface area (Å²) >= 11 is 0. The molecular formula is C8H17NY-2. The van der Waals surface area contributed by atoms with E-state index in [1.807, 2.05) is 13.8 Å². The summed E-state index contributed by atoms with van der Waals surface area (Å²) < 4.78 is 0. The number of nitrogens with zero attached hydrogens (tertiary/aromatic N) is 1. The minimum Gasteiger partial charge on any atom is -0.365 e. The Bertz CT molecular complexity index is 51.2. The largest absolute Gasteiger partial charge is 0.365 e. The van der Waals surface area contributed by atoms with Crippen LogP contribution in [0.5, 0.6) is 0 Å². The van der Waals surface area contributed by atoms with Crippen molar-refractivity contribution in [2.75, 3.05) is 20.1 Å². The number of piperidine rings is 1. The fourth-order valence-corrected chi connectivity index (χ4v) is 0.782. The first-order chi connectivity index (χ1) is 4.39. The molecule has 0 aromatic rings. The Morgan fingerprint density at radius 1 is 1.10 bits per heavy atom. The van der Waals surface area contributed by atoms with Gasteiger partial charge in [-0.25, -0.2) is 0 Å². The van der Waals surface area contributed by atoms with Crippen LogP contribution in [0.3, 0.4) is 0 Å². The van der Waals surface area contributed by atoms with Gasteiger partial charge in [-0.05, 0) is 7.05 Å². The summed E-state index contributed by atoms with van der Waals surface area (Å²) in [6.07, 6.45) is 5.76. The maximum absolute atomic E-state index is 2.28. The average molecular weight is 216 g/mol. The van der Waals surface area contributed by atoms with Crippen LogP contribution in [0.25, 0.3) is 0 Å². The summed E-state index contributed by atoms with van der Waals surface area (Å²) in [6, 6.07) is 0. The Balaban J connectivity index is 0. The second-order valence-electron chi connectivity index (χ2n) is 2.03. The van der Waals surface area contributed by atoms with E-state index in [-0.39, 0.29) is 32.7 Å². The third-order valence-corrected chi connectivity index (χ3v) is 1.21. The second-order valence-corrected chi connectivity index (χ2v) is 2.03. The topological polar surface area (TPSA) is 3.24 Å². The van der Waals surface area contributed by atoms with Gasteiger partial charge in [0.25, 0.3) is 0 Å². The van der Waals surface area contributed by atoms with Crippen LogP contribution in [0.1, 0.15) is 20.3 Å². The van der Waals surface area contributed by atoms with Gasteiger partial charge in [0, 0.05) is 32.7 Å². The quantitative estimate of drug-likeness (QED) is 0.557. The summed E-state index contributed by atoms with van der Waals surface area (Å²) in [5.74, 6) is 0. The fraction of sp³-hybridized carbons (Fsp3) is 0.750. The molecule has 0 aromatic carbocycles. The molecule has 0 spiro atoms. The molecule has 0 aromatic heterocycles. The van der Waals surface area contributed by atoms with Crippen molar-refractivity contribution in [1.29, 1.82) is 0 Å². The normalized spacial score (nSPS) is 18.3. The summed E-state index contributed by atoms with van der Waals surface area (Å²) in [7, 11) is 2.13. The SMILES string of the molecule is CC.CN1C[CH-]C[CH-]C1.[Y]. The third kappa shape index (κ3) is 7.17. The molecule has 2 heteroatoms. The monoisotopic (exact) mass is 216 g/mol. The fourth-order valence-electron chi connectivity index (χ4n) is 0.782. The number of rotatable bonds is 0. The average Bonchev–Trinajstić information content (AvgIpc) is 1.94. The van der Waals surface area contributed by atoms with E-state index >= 15 is 0 Å². The molecule has 1 nitrogen and oxygen atoms in total. The minimum absolute atomic E-state index is 0. The first-order valence-electron chi connectivity index (χ1n) is 3.71. The smallest absolute Gasteiger partial charge is 0 e. The molecule has 0 bridgehead atoms. The molecule has 1 heterocycles. The molecule has 1 fully saturated rings. The summed E-state index contributed by atoms with van der Waals surface area (Å²) in [6.45, 7) is 6.33.